The molecular formula is C26H32O6. The van der Waals surface area contributed by atoms with Gasteiger partial charge in [-0.05, 0) is 62.8 Å². The van der Waals surface area contributed by atoms with E-state index in [0.29, 0.717) is 45.0 Å². The second kappa shape index (κ2) is 13.4. The lowest BCUT2D eigenvalue weighted by molar-refractivity contribution is -0.149. The van der Waals surface area contributed by atoms with Gasteiger partial charge in [-0.15, -0.1) is 0 Å². The minimum absolute atomic E-state index is 0.315. The summed E-state index contributed by atoms with van der Waals surface area (Å²) in [5, 5.41) is 9.18. The van der Waals surface area contributed by atoms with Gasteiger partial charge in [0.25, 0.3) is 0 Å². The van der Waals surface area contributed by atoms with Crippen LogP contribution in [0.4, 0.5) is 0 Å². The second-order valence-electron chi connectivity index (χ2n) is 7.04. The molecule has 1 N–H and O–H groups in total. The minimum Gasteiger partial charge on any atom is -0.498 e. The highest BCUT2D eigenvalue weighted by atomic mass is 16.5. The Morgan fingerprint density at radius 3 is 2.59 bits per heavy atom. The van der Waals surface area contributed by atoms with E-state index in [1.807, 2.05) is 62.4 Å². The van der Waals surface area contributed by atoms with Crippen molar-refractivity contribution in [3.8, 4) is 17.6 Å². The Bertz CT molecular complexity index is 872. The summed E-state index contributed by atoms with van der Waals surface area (Å²) in [5.74, 6) is 6.83. The molecular weight excluding hydrogens is 408 g/mol. The zero-order chi connectivity index (χ0) is 23.2. The van der Waals surface area contributed by atoms with E-state index < -0.39 is 17.7 Å². The van der Waals surface area contributed by atoms with Gasteiger partial charge in [0, 0.05) is 26.1 Å². The van der Waals surface area contributed by atoms with E-state index in [0.717, 1.165) is 11.3 Å². The summed E-state index contributed by atoms with van der Waals surface area (Å²) >= 11 is 0. The topological polar surface area (TPSA) is 74.2 Å². The molecule has 0 aromatic heterocycles. The van der Waals surface area contributed by atoms with Crippen LogP contribution in [0.3, 0.4) is 0 Å². The number of benzene rings is 1. The van der Waals surface area contributed by atoms with Gasteiger partial charge >= 0.3 is 5.97 Å². The highest BCUT2D eigenvalue weighted by Crippen LogP contribution is 2.27. The molecule has 1 aliphatic rings. The molecule has 0 spiro atoms. The molecule has 2 rings (SSSR count). The Labute approximate surface area is 190 Å². The molecule has 6 nitrogen and oxygen atoms in total. The average molecular weight is 441 g/mol. The lowest BCUT2D eigenvalue weighted by Crippen LogP contribution is -2.31. The predicted molar refractivity (Wildman–Crippen MR) is 123 cm³/mol. The van der Waals surface area contributed by atoms with Gasteiger partial charge in [0.05, 0.1) is 6.61 Å². The molecule has 1 unspecified atom stereocenters. The van der Waals surface area contributed by atoms with E-state index in [2.05, 4.69) is 11.8 Å². The van der Waals surface area contributed by atoms with Crippen LogP contribution in [-0.2, 0) is 25.4 Å². The number of hydrogen-bond donors (Lipinski definition) is 1. The number of rotatable bonds is 12. The number of ether oxygens (including phenoxy) is 4. The van der Waals surface area contributed by atoms with Crippen LogP contribution >= 0.6 is 0 Å². The third-order valence-electron chi connectivity index (χ3n) is 4.63. The normalized spacial score (nSPS) is 18.5. The average Bonchev–Trinajstić information content (AvgIpc) is 2.77. The lowest BCUT2D eigenvalue weighted by atomic mass is 9.94. The maximum absolute atomic E-state index is 11.2. The molecule has 0 heterocycles. The predicted octanol–water partition coefficient (Wildman–Crippen LogP) is 4.31. The van der Waals surface area contributed by atoms with Crippen LogP contribution in [0.2, 0.25) is 0 Å². The van der Waals surface area contributed by atoms with Gasteiger partial charge in [-0.1, -0.05) is 30.0 Å². The summed E-state index contributed by atoms with van der Waals surface area (Å²) in [5.41, 5.74) is 0.200. The molecule has 0 radical (unpaired) electrons. The van der Waals surface area contributed by atoms with Crippen molar-refractivity contribution < 1.29 is 28.8 Å². The number of aliphatic carboxylic acids is 1. The van der Waals surface area contributed by atoms with Crippen molar-refractivity contribution in [1.29, 1.82) is 0 Å². The summed E-state index contributed by atoms with van der Waals surface area (Å²) in [7, 11) is 0. The molecule has 1 aliphatic carbocycles. The SMILES string of the molecule is CCOC1=CC=CC(C#C/C=C/COc2ccc(C[C@H](OCC)C(=O)O)cc2)(OCC)C1. The van der Waals surface area contributed by atoms with Crippen LogP contribution in [0.1, 0.15) is 32.8 Å². The number of hydrogen-bond acceptors (Lipinski definition) is 5. The Hall–Kier alpha value is -3.01. The lowest BCUT2D eigenvalue weighted by Gasteiger charge is -2.28. The molecule has 0 saturated heterocycles. The smallest absolute Gasteiger partial charge is 0.333 e. The summed E-state index contributed by atoms with van der Waals surface area (Å²) in [6.45, 7) is 7.58. The number of carboxylic acid groups (broad SMARTS) is 1. The first-order valence-electron chi connectivity index (χ1n) is 10.9. The second-order valence-corrected chi connectivity index (χ2v) is 7.04. The van der Waals surface area contributed by atoms with E-state index in [9.17, 15) is 9.90 Å². The molecule has 0 saturated carbocycles. The molecule has 6 heteroatoms. The summed E-state index contributed by atoms with van der Waals surface area (Å²) < 4.78 is 22.5. The highest BCUT2D eigenvalue weighted by Gasteiger charge is 2.29. The molecule has 2 atom stereocenters. The van der Waals surface area contributed by atoms with Crippen LogP contribution in [0, 0.1) is 11.8 Å². The maximum Gasteiger partial charge on any atom is 0.333 e. The van der Waals surface area contributed by atoms with Gasteiger partial charge in [-0.3, -0.25) is 0 Å². The van der Waals surface area contributed by atoms with Crippen molar-refractivity contribution in [3.05, 3.63) is 66.0 Å². The number of allylic oxidation sites excluding steroid dienone is 3. The van der Waals surface area contributed by atoms with Crippen molar-refractivity contribution in [2.24, 2.45) is 0 Å². The summed E-state index contributed by atoms with van der Waals surface area (Å²) in [6, 6.07) is 7.33. The quantitative estimate of drug-likeness (QED) is 0.488. The van der Waals surface area contributed by atoms with Crippen molar-refractivity contribution in [1.82, 2.24) is 0 Å². The molecule has 32 heavy (non-hydrogen) atoms. The molecule has 0 bridgehead atoms. The fourth-order valence-corrected chi connectivity index (χ4v) is 3.22. The van der Waals surface area contributed by atoms with Crippen molar-refractivity contribution in [2.45, 2.75) is 45.3 Å². The first-order chi connectivity index (χ1) is 15.5. The zero-order valence-corrected chi connectivity index (χ0v) is 19.0. The van der Waals surface area contributed by atoms with E-state index in [4.69, 9.17) is 18.9 Å². The van der Waals surface area contributed by atoms with Gasteiger partial charge in [0.1, 0.15) is 18.1 Å². The molecule has 1 aromatic carbocycles. The Morgan fingerprint density at radius 1 is 1.16 bits per heavy atom. The standard InChI is InChI=1S/C26H32O6/c1-4-29-23-11-10-17-26(20-23,32-6-3)16-8-7-9-18-31-22-14-12-21(13-15-22)19-24(25(27)28)30-5-2/h7,9-15,17,24H,4-6,18-20H2,1-3H3,(H,27,28)/b9-7+/t24-,26?/m0/s1. The van der Waals surface area contributed by atoms with E-state index in [1.54, 1.807) is 13.0 Å². The number of carboxylic acids is 1. The molecule has 1 aromatic rings. The van der Waals surface area contributed by atoms with E-state index >= 15 is 0 Å². The van der Waals surface area contributed by atoms with Crippen LogP contribution in [0.15, 0.2) is 60.4 Å². The minimum atomic E-state index is -0.960. The Morgan fingerprint density at radius 2 is 1.94 bits per heavy atom. The van der Waals surface area contributed by atoms with Crippen LogP contribution in [-0.4, -0.2) is 49.2 Å². The summed E-state index contributed by atoms with van der Waals surface area (Å²) in [4.78, 5) is 11.2. The van der Waals surface area contributed by atoms with Crippen molar-refractivity contribution >= 4 is 5.97 Å². The van der Waals surface area contributed by atoms with E-state index in [-0.39, 0.29) is 0 Å². The first-order valence-corrected chi connectivity index (χ1v) is 10.9. The largest absolute Gasteiger partial charge is 0.498 e. The van der Waals surface area contributed by atoms with Crippen LogP contribution in [0.5, 0.6) is 5.75 Å². The van der Waals surface area contributed by atoms with Gasteiger partial charge in [0.15, 0.2) is 11.7 Å². The van der Waals surface area contributed by atoms with E-state index in [1.165, 1.54) is 0 Å². The summed E-state index contributed by atoms with van der Waals surface area (Å²) in [6.07, 6.45) is 9.46. The third kappa shape index (κ3) is 8.26. The molecule has 172 valence electrons. The monoisotopic (exact) mass is 440 g/mol. The zero-order valence-electron chi connectivity index (χ0n) is 19.0. The fourth-order valence-electron chi connectivity index (χ4n) is 3.22. The first kappa shape index (κ1) is 25.3. The number of carbonyl (C=O) groups is 1. The van der Waals surface area contributed by atoms with Crippen molar-refractivity contribution in [3.63, 3.8) is 0 Å². The highest BCUT2D eigenvalue weighted by molar-refractivity contribution is 5.72. The van der Waals surface area contributed by atoms with Crippen LogP contribution in [0.25, 0.3) is 0 Å². The Kier molecular flexibility index (Phi) is 10.6. The third-order valence-corrected chi connectivity index (χ3v) is 4.63. The molecule has 0 aliphatic heterocycles. The van der Waals surface area contributed by atoms with Crippen molar-refractivity contribution in [2.75, 3.05) is 26.4 Å². The van der Waals surface area contributed by atoms with Gasteiger partial charge in [0.2, 0.25) is 0 Å². The maximum atomic E-state index is 11.2. The Balaban J connectivity index is 1.87. The van der Waals surface area contributed by atoms with Gasteiger partial charge in [-0.2, -0.15) is 0 Å². The molecule has 0 amide bonds. The van der Waals surface area contributed by atoms with Crippen LogP contribution < -0.4 is 4.74 Å². The van der Waals surface area contributed by atoms with Gasteiger partial charge in [-0.25, -0.2) is 4.79 Å². The van der Waals surface area contributed by atoms with Gasteiger partial charge < -0.3 is 24.1 Å². The fraction of sp³-hybridized carbons (Fsp3) is 0.423. The molecule has 0 fully saturated rings.